The first-order valence-corrected chi connectivity index (χ1v) is 21.9. The van der Waals surface area contributed by atoms with E-state index in [0.717, 1.165) is 66.4 Å². The lowest BCUT2D eigenvalue weighted by Crippen LogP contribution is -2.01. The zero-order valence-corrected chi connectivity index (χ0v) is 35.3. The van der Waals surface area contributed by atoms with Crippen molar-refractivity contribution in [2.45, 2.75) is 0 Å². The van der Waals surface area contributed by atoms with Crippen molar-refractivity contribution in [3.63, 3.8) is 0 Å². The van der Waals surface area contributed by atoms with E-state index in [9.17, 15) is 0 Å². The summed E-state index contributed by atoms with van der Waals surface area (Å²) in [5.74, 6) is 1.87. The summed E-state index contributed by atoms with van der Waals surface area (Å²) in [4.78, 5) is 15.4. The van der Waals surface area contributed by atoms with Crippen molar-refractivity contribution in [1.82, 2.24) is 15.0 Å². The van der Waals surface area contributed by atoms with Gasteiger partial charge in [0.2, 0.25) is 0 Å². The summed E-state index contributed by atoms with van der Waals surface area (Å²) in [5.41, 5.74) is 16.0. The molecule has 0 unspecified atom stereocenters. The second kappa shape index (κ2) is 16.2. The van der Waals surface area contributed by atoms with Crippen molar-refractivity contribution in [2.75, 3.05) is 0 Å². The van der Waals surface area contributed by atoms with Gasteiger partial charge in [-0.05, 0) is 78.5 Å². The maximum atomic E-state index is 6.20. The van der Waals surface area contributed by atoms with Gasteiger partial charge in [-0.3, -0.25) is 0 Å². The number of furan rings is 1. The molecule has 0 bridgehead atoms. The van der Waals surface area contributed by atoms with Crippen LogP contribution in [0.2, 0.25) is 0 Å². The van der Waals surface area contributed by atoms with Crippen LogP contribution in [0, 0.1) is 0 Å². The molecule has 0 saturated carbocycles. The Bertz CT molecular complexity index is 3670. The molecule has 0 aliphatic carbocycles. The maximum Gasteiger partial charge on any atom is 0.164 e. The molecule has 10 aromatic carbocycles. The van der Waals surface area contributed by atoms with Gasteiger partial charge < -0.3 is 4.42 Å². The van der Waals surface area contributed by atoms with E-state index in [1.807, 2.05) is 36.4 Å². The summed E-state index contributed by atoms with van der Waals surface area (Å²) in [6, 6.07) is 82.9. The second-order valence-corrected chi connectivity index (χ2v) is 16.3. The van der Waals surface area contributed by atoms with Crippen LogP contribution in [-0.4, -0.2) is 15.0 Å². The summed E-state index contributed by atoms with van der Waals surface area (Å²) >= 11 is 0. The number of hydrogen-bond donors (Lipinski definition) is 0. The third-order valence-corrected chi connectivity index (χ3v) is 12.4. The molecule has 2 aromatic heterocycles. The highest BCUT2D eigenvalue weighted by Crippen LogP contribution is 2.40. The molecule has 4 heteroatoms. The SMILES string of the molecule is c1ccc(-c2ccc(-c3nc(-c4ccc(-c5ccc(-c6ccc(-c7cccc8oc9ccccc9c78)cc6)c6ccccc56)cc4)nc(-c4ccccc4-c4ccccc4)n3)cc2)cc1. The van der Waals surface area contributed by atoms with Gasteiger partial charge in [0.05, 0.1) is 0 Å². The minimum atomic E-state index is 0.618. The van der Waals surface area contributed by atoms with Gasteiger partial charge in [-0.1, -0.05) is 224 Å². The Balaban J connectivity index is 0.902. The standard InChI is InChI=1S/C61H39N3O/c1-3-14-40(15-4-1)41-26-34-46(35-27-41)59-62-60(64-61(63-59)54-21-10-7-18-48(54)42-16-5-2-6-17-42)47-36-32-44(33-37-47)50-39-38-49(52-19-8-9-20-53(50)52)43-28-30-45(31-29-43)51-23-13-25-57-58(51)55-22-11-12-24-56(55)65-57/h1-39H. The fourth-order valence-corrected chi connectivity index (χ4v) is 9.19. The number of nitrogens with zero attached hydrogens (tertiary/aromatic N) is 3. The van der Waals surface area contributed by atoms with Gasteiger partial charge in [0.25, 0.3) is 0 Å². The van der Waals surface area contributed by atoms with Crippen LogP contribution in [0.25, 0.3) is 123 Å². The predicted octanol–water partition coefficient (Wildman–Crippen LogP) is 16.3. The molecule has 304 valence electrons. The van der Waals surface area contributed by atoms with E-state index in [2.05, 4.69) is 200 Å². The Kier molecular flexibility index (Phi) is 9.46. The van der Waals surface area contributed by atoms with Crippen molar-refractivity contribution >= 4 is 32.7 Å². The molecule has 0 saturated heterocycles. The molecular formula is C61H39N3O. The molecule has 0 radical (unpaired) electrons. The van der Waals surface area contributed by atoms with Gasteiger partial charge in [0.1, 0.15) is 11.2 Å². The average Bonchev–Trinajstić information content (AvgIpc) is 3.78. The first-order valence-electron chi connectivity index (χ1n) is 21.9. The Labute approximate surface area is 376 Å². The fourth-order valence-electron chi connectivity index (χ4n) is 9.19. The van der Waals surface area contributed by atoms with Gasteiger partial charge in [0.15, 0.2) is 17.5 Å². The van der Waals surface area contributed by atoms with Crippen LogP contribution in [-0.2, 0) is 0 Å². The highest BCUT2D eigenvalue weighted by molar-refractivity contribution is 6.12. The van der Waals surface area contributed by atoms with Gasteiger partial charge >= 0.3 is 0 Å². The maximum absolute atomic E-state index is 6.20. The average molecular weight is 830 g/mol. The fraction of sp³-hybridized carbons (Fsp3) is 0. The monoisotopic (exact) mass is 829 g/mol. The molecule has 12 aromatic rings. The summed E-state index contributed by atoms with van der Waals surface area (Å²) in [6.07, 6.45) is 0. The quantitative estimate of drug-likeness (QED) is 0.153. The number of aromatic nitrogens is 3. The summed E-state index contributed by atoms with van der Waals surface area (Å²) in [7, 11) is 0. The second-order valence-electron chi connectivity index (χ2n) is 16.3. The molecule has 12 rings (SSSR count). The topological polar surface area (TPSA) is 51.8 Å². The van der Waals surface area contributed by atoms with Crippen LogP contribution in [0.15, 0.2) is 241 Å². The van der Waals surface area contributed by atoms with Crippen LogP contribution in [0.1, 0.15) is 0 Å². The molecule has 65 heavy (non-hydrogen) atoms. The van der Waals surface area contributed by atoms with E-state index in [1.165, 1.54) is 38.6 Å². The van der Waals surface area contributed by atoms with E-state index in [-0.39, 0.29) is 0 Å². The molecule has 4 nitrogen and oxygen atoms in total. The summed E-state index contributed by atoms with van der Waals surface area (Å²) in [5, 5.41) is 4.67. The normalized spacial score (nSPS) is 11.4. The van der Waals surface area contributed by atoms with Crippen LogP contribution in [0.4, 0.5) is 0 Å². The molecule has 0 N–H and O–H groups in total. The van der Waals surface area contributed by atoms with Gasteiger partial charge in [-0.2, -0.15) is 0 Å². The molecule has 0 spiro atoms. The Morgan fingerprint density at radius 1 is 0.215 bits per heavy atom. The van der Waals surface area contributed by atoms with Crippen molar-refractivity contribution in [2.24, 2.45) is 0 Å². The third kappa shape index (κ3) is 7.04. The highest BCUT2D eigenvalue weighted by Gasteiger charge is 2.18. The van der Waals surface area contributed by atoms with Crippen molar-refractivity contribution in [1.29, 1.82) is 0 Å². The summed E-state index contributed by atoms with van der Waals surface area (Å²) in [6.45, 7) is 0. The van der Waals surface area contributed by atoms with Gasteiger partial charge in [0, 0.05) is 27.5 Å². The zero-order chi connectivity index (χ0) is 43.1. The smallest absolute Gasteiger partial charge is 0.164 e. The van der Waals surface area contributed by atoms with E-state index in [4.69, 9.17) is 19.4 Å². The van der Waals surface area contributed by atoms with Crippen molar-refractivity contribution in [3.8, 4) is 89.8 Å². The first-order chi connectivity index (χ1) is 32.2. The number of para-hydroxylation sites is 1. The number of fused-ring (bicyclic) bond motifs is 4. The first kappa shape index (κ1) is 38.0. The van der Waals surface area contributed by atoms with Crippen molar-refractivity contribution in [3.05, 3.63) is 237 Å². The Hall–Kier alpha value is -8.73. The number of rotatable bonds is 8. The van der Waals surface area contributed by atoms with Gasteiger partial charge in [-0.25, -0.2) is 15.0 Å². The molecule has 0 amide bonds. The molecular weight excluding hydrogens is 791 g/mol. The molecule has 0 atom stereocenters. The minimum Gasteiger partial charge on any atom is -0.456 e. The minimum absolute atomic E-state index is 0.618. The van der Waals surface area contributed by atoms with Gasteiger partial charge in [-0.15, -0.1) is 0 Å². The van der Waals surface area contributed by atoms with Crippen LogP contribution < -0.4 is 0 Å². The molecule has 0 aliphatic rings. The third-order valence-electron chi connectivity index (χ3n) is 12.4. The van der Waals surface area contributed by atoms with Crippen molar-refractivity contribution < 1.29 is 4.42 Å². The lowest BCUT2D eigenvalue weighted by molar-refractivity contribution is 0.669. The molecule has 0 aliphatic heterocycles. The number of benzene rings is 10. The van der Waals surface area contributed by atoms with Crippen LogP contribution in [0.5, 0.6) is 0 Å². The number of hydrogen-bond acceptors (Lipinski definition) is 4. The van der Waals surface area contributed by atoms with E-state index in [1.54, 1.807) is 0 Å². The van der Waals surface area contributed by atoms with E-state index in [0.29, 0.717) is 17.5 Å². The largest absolute Gasteiger partial charge is 0.456 e. The molecule has 0 fully saturated rings. The zero-order valence-electron chi connectivity index (χ0n) is 35.3. The van der Waals surface area contributed by atoms with Crippen LogP contribution >= 0.6 is 0 Å². The lowest BCUT2D eigenvalue weighted by Gasteiger charge is -2.14. The Morgan fingerprint density at radius 3 is 1.20 bits per heavy atom. The van der Waals surface area contributed by atoms with E-state index < -0.39 is 0 Å². The molecule has 2 heterocycles. The van der Waals surface area contributed by atoms with Crippen LogP contribution in [0.3, 0.4) is 0 Å². The lowest BCUT2D eigenvalue weighted by atomic mass is 9.91. The predicted molar refractivity (Wildman–Crippen MR) is 268 cm³/mol. The summed E-state index contributed by atoms with van der Waals surface area (Å²) < 4.78 is 6.20. The van der Waals surface area contributed by atoms with E-state index >= 15 is 0 Å². The Morgan fingerprint density at radius 2 is 0.600 bits per heavy atom. The highest BCUT2D eigenvalue weighted by atomic mass is 16.3.